The maximum absolute atomic E-state index is 5.63. The van der Waals surface area contributed by atoms with Gasteiger partial charge < -0.3 is 5.73 Å². The van der Waals surface area contributed by atoms with Crippen molar-refractivity contribution in [3.63, 3.8) is 0 Å². The van der Waals surface area contributed by atoms with Crippen molar-refractivity contribution in [2.45, 2.75) is 38.1 Å². The largest absolute Gasteiger partial charge is 0.328 e. The van der Waals surface area contributed by atoms with Crippen LogP contribution in [0.25, 0.3) is 0 Å². The molecule has 46 valence electrons. The van der Waals surface area contributed by atoms with Crippen LogP contribution in [0.15, 0.2) is 0 Å². The van der Waals surface area contributed by atoms with Gasteiger partial charge in [0.2, 0.25) is 0 Å². The van der Waals surface area contributed by atoms with Gasteiger partial charge >= 0.3 is 0 Å². The van der Waals surface area contributed by atoms with Crippen LogP contribution in [0.1, 0.15) is 32.1 Å². The molecule has 0 atom stereocenters. The van der Waals surface area contributed by atoms with Gasteiger partial charge in [-0.3, -0.25) is 0 Å². The van der Waals surface area contributed by atoms with Crippen LogP contribution in [0.5, 0.6) is 0 Å². The molecule has 1 nitrogen and oxygen atoms in total. The summed E-state index contributed by atoms with van der Waals surface area (Å²) in [6.07, 6.45) is 6.66. The monoisotopic (exact) mass is 147 g/mol. The molecule has 0 unspecified atom stereocenters. The number of nitrogens with two attached hydrogens (primary N) is 1. The summed E-state index contributed by atoms with van der Waals surface area (Å²) in [5.41, 5.74) is 5.63. The normalized spacial score (nSPS) is 22.1. The average Bonchev–Trinajstić information content (AvgIpc) is 1.69. The van der Waals surface area contributed by atoms with Crippen molar-refractivity contribution < 1.29 is 21.7 Å². The smallest absolute Gasteiger partial charge is 0.00388 e. The summed E-state index contributed by atoms with van der Waals surface area (Å²) in [7, 11) is 0. The van der Waals surface area contributed by atoms with Crippen LogP contribution in [0.4, 0.5) is 0 Å². The fourth-order valence-corrected chi connectivity index (χ4v) is 1.13. The third-order valence-corrected chi connectivity index (χ3v) is 1.65. The molecule has 0 amide bonds. The summed E-state index contributed by atoms with van der Waals surface area (Å²) in [4.78, 5) is 0. The molecule has 0 saturated heterocycles. The van der Waals surface area contributed by atoms with Gasteiger partial charge in [0.25, 0.3) is 0 Å². The second-order valence-corrected chi connectivity index (χ2v) is 2.40. The molecular weight excluding hydrogens is 134 g/mol. The second-order valence-electron chi connectivity index (χ2n) is 2.40. The van der Waals surface area contributed by atoms with Crippen molar-refractivity contribution in [1.29, 1.82) is 0 Å². The Balaban J connectivity index is 0.000000490. The first-order valence-electron chi connectivity index (χ1n) is 3.15. The molecular formula is C6H13NTi. The molecule has 0 radical (unpaired) electrons. The zero-order valence-corrected chi connectivity index (χ0v) is 6.75. The fourth-order valence-electron chi connectivity index (χ4n) is 1.13. The maximum Gasteiger partial charge on any atom is 0.00388 e. The quantitative estimate of drug-likeness (QED) is 0.513. The summed E-state index contributed by atoms with van der Waals surface area (Å²) in [5, 5.41) is 0. The van der Waals surface area contributed by atoms with Crippen molar-refractivity contribution >= 4 is 0 Å². The molecule has 1 aliphatic rings. The van der Waals surface area contributed by atoms with Crippen molar-refractivity contribution in [2.75, 3.05) is 0 Å². The average molecular weight is 147 g/mol. The summed E-state index contributed by atoms with van der Waals surface area (Å²) in [6, 6.07) is 0.536. The molecule has 2 N–H and O–H groups in total. The van der Waals surface area contributed by atoms with Crippen molar-refractivity contribution in [3.05, 3.63) is 0 Å². The van der Waals surface area contributed by atoms with Gasteiger partial charge in [-0.25, -0.2) is 0 Å². The van der Waals surface area contributed by atoms with Gasteiger partial charge in [-0.05, 0) is 12.8 Å². The minimum atomic E-state index is 0. The molecule has 0 aromatic rings. The summed E-state index contributed by atoms with van der Waals surface area (Å²) >= 11 is 0. The van der Waals surface area contributed by atoms with E-state index in [1.807, 2.05) is 0 Å². The Bertz CT molecular complexity index is 50.5. The van der Waals surface area contributed by atoms with Gasteiger partial charge in [0.05, 0.1) is 0 Å². The van der Waals surface area contributed by atoms with Gasteiger partial charge in [0.15, 0.2) is 0 Å². The molecule has 0 spiro atoms. The van der Waals surface area contributed by atoms with Crippen molar-refractivity contribution in [3.8, 4) is 0 Å². The van der Waals surface area contributed by atoms with Crippen LogP contribution in [0.3, 0.4) is 0 Å². The van der Waals surface area contributed by atoms with E-state index in [2.05, 4.69) is 0 Å². The van der Waals surface area contributed by atoms with Crippen LogP contribution in [-0.4, -0.2) is 6.04 Å². The minimum absolute atomic E-state index is 0. The maximum atomic E-state index is 5.63. The van der Waals surface area contributed by atoms with Gasteiger partial charge in [-0.1, -0.05) is 19.3 Å². The molecule has 8 heavy (non-hydrogen) atoms. The Morgan fingerprint density at radius 1 is 1.00 bits per heavy atom. The summed E-state index contributed by atoms with van der Waals surface area (Å²) in [5.74, 6) is 0. The zero-order chi connectivity index (χ0) is 5.11. The van der Waals surface area contributed by atoms with E-state index >= 15 is 0 Å². The Morgan fingerprint density at radius 2 is 1.50 bits per heavy atom. The van der Waals surface area contributed by atoms with E-state index in [-0.39, 0.29) is 21.7 Å². The second kappa shape index (κ2) is 4.54. The van der Waals surface area contributed by atoms with Crippen LogP contribution >= 0.6 is 0 Å². The molecule has 0 heterocycles. The van der Waals surface area contributed by atoms with Gasteiger partial charge in [0.1, 0.15) is 0 Å². The van der Waals surface area contributed by atoms with E-state index in [0.717, 1.165) is 0 Å². The first-order chi connectivity index (χ1) is 3.39. The van der Waals surface area contributed by atoms with Crippen molar-refractivity contribution in [1.82, 2.24) is 0 Å². The van der Waals surface area contributed by atoms with E-state index in [9.17, 15) is 0 Å². The molecule has 0 bridgehead atoms. The van der Waals surface area contributed by atoms with Gasteiger partial charge in [-0.15, -0.1) is 0 Å². The number of hydrogen-bond donors (Lipinski definition) is 1. The minimum Gasteiger partial charge on any atom is -0.328 e. The molecule has 0 aliphatic heterocycles. The molecule has 0 aromatic heterocycles. The van der Waals surface area contributed by atoms with Gasteiger partial charge in [0, 0.05) is 27.8 Å². The summed E-state index contributed by atoms with van der Waals surface area (Å²) < 4.78 is 0. The molecule has 0 aromatic carbocycles. The van der Waals surface area contributed by atoms with Crippen molar-refractivity contribution in [2.24, 2.45) is 5.73 Å². The molecule has 2 heteroatoms. The van der Waals surface area contributed by atoms with Crippen LogP contribution < -0.4 is 5.73 Å². The predicted octanol–water partition coefficient (Wildman–Crippen LogP) is 1.28. The van der Waals surface area contributed by atoms with Crippen LogP contribution in [0, 0.1) is 0 Å². The van der Waals surface area contributed by atoms with Crippen LogP contribution in [-0.2, 0) is 21.7 Å². The third kappa shape index (κ3) is 2.86. The van der Waals surface area contributed by atoms with E-state index in [1.165, 1.54) is 32.1 Å². The van der Waals surface area contributed by atoms with Gasteiger partial charge in [-0.2, -0.15) is 0 Å². The first kappa shape index (κ1) is 8.67. The van der Waals surface area contributed by atoms with E-state index in [1.54, 1.807) is 0 Å². The summed E-state index contributed by atoms with van der Waals surface area (Å²) in [6.45, 7) is 0. The van der Waals surface area contributed by atoms with E-state index < -0.39 is 0 Å². The molecule has 1 rings (SSSR count). The Morgan fingerprint density at radius 3 is 1.75 bits per heavy atom. The first-order valence-corrected chi connectivity index (χ1v) is 3.15. The third-order valence-electron chi connectivity index (χ3n) is 1.65. The Labute approximate surface area is 65.9 Å². The standard InChI is InChI=1S/C6H13N.Ti/c7-6-4-2-1-3-5-6;/h6H,1-5,7H2;. The Kier molecular flexibility index (Phi) is 4.93. The topological polar surface area (TPSA) is 26.0 Å². The van der Waals surface area contributed by atoms with Crippen LogP contribution in [0.2, 0.25) is 0 Å². The number of rotatable bonds is 0. The number of hydrogen-bond acceptors (Lipinski definition) is 1. The molecule has 1 aliphatic carbocycles. The molecule has 1 fully saturated rings. The fraction of sp³-hybridized carbons (Fsp3) is 1.00. The Hall–Kier alpha value is 0.674. The zero-order valence-electron chi connectivity index (χ0n) is 5.19. The van der Waals surface area contributed by atoms with E-state index in [4.69, 9.17) is 5.73 Å². The molecule has 1 saturated carbocycles. The predicted molar refractivity (Wildman–Crippen MR) is 31.1 cm³/mol. The SMILES string of the molecule is NC1CCCCC1.[Ti]. The van der Waals surface area contributed by atoms with E-state index in [0.29, 0.717) is 6.04 Å².